The van der Waals surface area contributed by atoms with E-state index >= 15 is 0 Å². The third kappa shape index (κ3) is 3.77. The van der Waals surface area contributed by atoms with Gasteiger partial charge in [-0.15, -0.1) is 0 Å². The second-order valence-electron chi connectivity index (χ2n) is 5.15. The predicted molar refractivity (Wildman–Crippen MR) is 91.3 cm³/mol. The average molecular weight is 307 g/mol. The number of anilines is 1. The number of carboxylic acids is 1. The molecule has 0 fully saturated rings. The van der Waals surface area contributed by atoms with Crippen LogP contribution in [0.25, 0.3) is 0 Å². The first-order chi connectivity index (χ1) is 11.2. The molecule has 0 saturated carbocycles. The van der Waals surface area contributed by atoms with Crippen molar-refractivity contribution in [2.24, 2.45) is 4.99 Å². The Hall–Kier alpha value is -3.08. The minimum absolute atomic E-state index is 0.254. The molecule has 1 heterocycles. The molecule has 0 aliphatic carbocycles. The molecule has 2 aromatic carbocycles. The van der Waals surface area contributed by atoms with Gasteiger partial charge in [0.1, 0.15) is 0 Å². The van der Waals surface area contributed by atoms with E-state index in [1.165, 1.54) is 0 Å². The molecule has 5 nitrogen and oxygen atoms in total. The van der Waals surface area contributed by atoms with Crippen molar-refractivity contribution in [3.05, 3.63) is 72.3 Å². The fourth-order valence-corrected chi connectivity index (χ4v) is 2.28. The molecule has 1 aliphatic heterocycles. The van der Waals surface area contributed by atoms with Crippen LogP contribution in [-0.4, -0.2) is 35.0 Å². The molecule has 0 spiro atoms. The summed E-state index contributed by atoms with van der Waals surface area (Å²) in [6.45, 7) is 1.59. The highest BCUT2D eigenvalue weighted by atomic mass is 16.4. The number of nitrogens with one attached hydrogen (secondary N) is 1. The van der Waals surface area contributed by atoms with Crippen molar-refractivity contribution >= 4 is 23.3 Å². The Labute approximate surface area is 134 Å². The summed E-state index contributed by atoms with van der Waals surface area (Å²) in [4.78, 5) is 17.7. The maximum Gasteiger partial charge on any atom is 0.335 e. The summed E-state index contributed by atoms with van der Waals surface area (Å²) >= 11 is 0. The van der Waals surface area contributed by atoms with Crippen molar-refractivity contribution in [3.8, 4) is 0 Å². The molecule has 0 bridgehead atoms. The van der Waals surface area contributed by atoms with Crippen LogP contribution in [0.2, 0.25) is 0 Å². The zero-order valence-electron chi connectivity index (χ0n) is 12.5. The summed E-state index contributed by atoms with van der Waals surface area (Å²) in [5.41, 5.74) is 1.92. The van der Waals surface area contributed by atoms with Crippen LogP contribution in [0.1, 0.15) is 10.4 Å². The molecular weight excluding hydrogens is 290 g/mol. The normalized spacial score (nSPS) is 14.1. The van der Waals surface area contributed by atoms with Crippen molar-refractivity contribution in [2.45, 2.75) is 0 Å². The standard InChI is InChI=1S/C18H17N3O2/c22-17(23)14-8-10-16(11-9-14)20-18(21-12-4-5-13-21)19-15-6-2-1-3-7-15/h1-11H,12-13H2,(H,19,20)(H,22,23). The lowest BCUT2D eigenvalue weighted by molar-refractivity contribution is 0.0697. The lowest BCUT2D eigenvalue weighted by Crippen LogP contribution is -2.34. The quantitative estimate of drug-likeness (QED) is 0.518. The first-order valence-electron chi connectivity index (χ1n) is 7.36. The lowest BCUT2D eigenvalue weighted by Gasteiger charge is -2.21. The molecule has 1 aliphatic rings. The highest BCUT2D eigenvalue weighted by Crippen LogP contribution is 2.16. The first kappa shape index (κ1) is 14.8. The van der Waals surface area contributed by atoms with Gasteiger partial charge in [-0.25, -0.2) is 9.79 Å². The van der Waals surface area contributed by atoms with Crippen molar-refractivity contribution in [2.75, 3.05) is 18.4 Å². The average Bonchev–Trinajstić information content (AvgIpc) is 3.10. The van der Waals surface area contributed by atoms with Crippen molar-refractivity contribution < 1.29 is 9.90 Å². The SMILES string of the molecule is O=C(O)c1ccc(N=C(Nc2ccccc2)N2CC=CC2)cc1. The Bertz CT molecular complexity index is 729. The zero-order valence-corrected chi connectivity index (χ0v) is 12.5. The summed E-state index contributed by atoms with van der Waals surface area (Å²) in [5.74, 6) is -0.198. The van der Waals surface area contributed by atoms with Gasteiger partial charge in [0, 0.05) is 18.8 Å². The molecule has 2 N–H and O–H groups in total. The van der Waals surface area contributed by atoms with Crippen LogP contribution >= 0.6 is 0 Å². The van der Waals surface area contributed by atoms with E-state index in [0.29, 0.717) is 5.69 Å². The van der Waals surface area contributed by atoms with E-state index in [2.05, 4.69) is 27.4 Å². The van der Waals surface area contributed by atoms with Gasteiger partial charge in [0.2, 0.25) is 5.96 Å². The molecule has 0 radical (unpaired) electrons. The summed E-state index contributed by atoms with van der Waals surface area (Å²) < 4.78 is 0. The Morgan fingerprint density at radius 1 is 1.00 bits per heavy atom. The number of rotatable bonds is 3. The molecule has 3 rings (SSSR count). The van der Waals surface area contributed by atoms with E-state index in [0.717, 1.165) is 24.7 Å². The van der Waals surface area contributed by atoms with Gasteiger partial charge in [0.25, 0.3) is 0 Å². The molecule has 5 heteroatoms. The molecule has 23 heavy (non-hydrogen) atoms. The number of hydrogen-bond donors (Lipinski definition) is 2. The van der Waals surface area contributed by atoms with Gasteiger partial charge in [-0.2, -0.15) is 0 Å². The van der Waals surface area contributed by atoms with Gasteiger partial charge in [-0.05, 0) is 36.4 Å². The van der Waals surface area contributed by atoms with Gasteiger partial charge in [-0.1, -0.05) is 30.4 Å². The van der Waals surface area contributed by atoms with Crippen LogP contribution in [0.15, 0.2) is 71.7 Å². The highest BCUT2D eigenvalue weighted by Gasteiger charge is 2.13. The first-order valence-corrected chi connectivity index (χ1v) is 7.36. The van der Waals surface area contributed by atoms with Crippen LogP contribution in [0.5, 0.6) is 0 Å². The molecular formula is C18H17N3O2. The van der Waals surface area contributed by atoms with Crippen molar-refractivity contribution in [3.63, 3.8) is 0 Å². The number of para-hydroxylation sites is 1. The number of nitrogens with zero attached hydrogens (tertiary/aromatic N) is 2. The Balaban J connectivity index is 1.86. The van der Waals surface area contributed by atoms with Crippen LogP contribution in [-0.2, 0) is 0 Å². The van der Waals surface area contributed by atoms with Gasteiger partial charge in [0.15, 0.2) is 0 Å². The second kappa shape index (κ2) is 6.79. The predicted octanol–water partition coefficient (Wildman–Crippen LogP) is 3.36. The highest BCUT2D eigenvalue weighted by molar-refractivity contribution is 5.96. The van der Waals surface area contributed by atoms with E-state index in [4.69, 9.17) is 5.11 Å². The number of hydrogen-bond acceptors (Lipinski definition) is 2. The van der Waals surface area contributed by atoms with E-state index in [-0.39, 0.29) is 5.56 Å². The number of carboxylic acid groups (broad SMARTS) is 1. The molecule has 116 valence electrons. The Kier molecular flexibility index (Phi) is 4.38. The van der Waals surface area contributed by atoms with Crippen LogP contribution in [0.4, 0.5) is 11.4 Å². The molecule has 2 aromatic rings. The van der Waals surface area contributed by atoms with Crippen LogP contribution in [0, 0.1) is 0 Å². The molecule has 0 amide bonds. The topological polar surface area (TPSA) is 64.9 Å². The summed E-state index contributed by atoms with van der Waals surface area (Å²) in [6.07, 6.45) is 4.19. The number of guanidine groups is 1. The second-order valence-corrected chi connectivity index (χ2v) is 5.15. The van der Waals surface area contributed by atoms with E-state index in [1.807, 2.05) is 30.3 Å². The molecule has 0 saturated heterocycles. The summed E-state index contributed by atoms with van der Waals surface area (Å²) in [6, 6.07) is 16.4. The third-order valence-electron chi connectivity index (χ3n) is 3.50. The fraction of sp³-hybridized carbons (Fsp3) is 0.111. The largest absolute Gasteiger partial charge is 0.478 e. The van der Waals surface area contributed by atoms with E-state index in [9.17, 15) is 4.79 Å². The van der Waals surface area contributed by atoms with Gasteiger partial charge in [0.05, 0.1) is 11.3 Å². The number of carbonyl (C=O) groups is 1. The molecule has 0 atom stereocenters. The van der Waals surface area contributed by atoms with Crippen LogP contribution in [0.3, 0.4) is 0 Å². The van der Waals surface area contributed by atoms with Crippen molar-refractivity contribution in [1.29, 1.82) is 0 Å². The number of aliphatic imine (C=N–C) groups is 1. The monoisotopic (exact) mass is 307 g/mol. The molecule has 0 unspecified atom stereocenters. The lowest BCUT2D eigenvalue weighted by atomic mass is 10.2. The minimum Gasteiger partial charge on any atom is -0.478 e. The van der Waals surface area contributed by atoms with Crippen LogP contribution < -0.4 is 5.32 Å². The smallest absolute Gasteiger partial charge is 0.335 e. The van der Waals surface area contributed by atoms with Gasteiger partial charge < -0.3 is 15.3 Å². The molecule has 0 aromatic heterocycles. The maximum atomic E-state index is 10.9. The number of aromatic carboxylic acids is 1. The van der Waals surface area contributed by atoms with E-state index in [1.54, 1.807) is 24.3 Å². The van der Waals surface area contributed by atoms with Gasteiger partial charge >= 0.3 is 5.97 Å². The Morgan fingerprint density at radius 3 is 2.26 bits per heavy atom. The third-order valence-corrected chi connectivity index (χ3v) is 3.50. The minimum atomic E-state index is -0.938. The fourth-order valence-electron chi connectivity index (χ4n) is 2.28. The van der Waals surface area contributed by atoms with E-state index < -0.39 is 5.97 Å². The number of benzene rings is 2. The van der Waals surface area contributed by atoms with Gasteiger partial charge in [-0.3, -0.25) is 0 Å². The van der Waals surface area contributed by atoms with Crippen molar-refractivity contribution in [1.82, 2.24) is 4.90 Å². The maximum absolute atomic E-state index is 10.9. The zero-order chi connectivity index (χ0) is 16.1. The summed E-state index contributed by atoms with van der Waals surface area (Å²) in [7, 11) is 0. The summed E-state index contributed by atoms with van der Waals surface area (Å²) in [5, 5.41) is 12.3. The Morgan fingerprint density at radius 2 is 1.65 bits per heavy atom.